The maximum atomic E-state index is 13.8. The topological polar surface area (TPSA) is 26.0 Å². The van der Waals surface area contributed by atoms with Gasteiger partial charge in [-0.15, -0.1) is 0 Å². The summed E-state index contributed by atoms with van der Waals surface area (Å²) in [6.45, 7) is 1.50. The fourth-order valence-electron chi connectivity index (χ4n) is 1.61. The molecule has 0 aromatic heterocycles. The van der Waals surface area contributed by atoms with Gasteiger partial charge in [0.2, 0.25) is 0 Å². The van der Waals surface area contributed by atoms with E-state index in [-0.39, 0.29) is 11.1 Å². The molecule has 0 radical (unpaired) electrons. The lowest BCUT2D eigenvalue weighted by molar-refractivity contribution is 0.595. The summed E-state index contributed by atoms with van der Waals surface area (Å²) < 4.78 is 27.2. The van der Waals surface area contributed by atoms with Crippen LogP contribution in [0.3, 0.4) is 0 Å². The fraction of sp³-hybridized carbons (Fsp3) is 0.0769. The monoisotopic (exact) mass is 253 g/mol. The fourth-order valence-corrected chi connectivity index (χ4v) is 1.79. The van der Waals surface area contributed by atoms with Crippen LogP contribution in [0.15, 0.2) is 30.3 Å². The standard InChI is InChI=1S/C13H10ClF2N/c1-7-4-12(16)9(6-11(7)15)10-5-8(14)2-3-13(10)17/h2-6H,17H2,1H3. The molecule has 0 saturated carbocycles. The quantitative estimate of drug-likeness (QED) is 0.758. The minimum atomic E-state index is -0.516. The van der Waals surface area contributed by atoms with E-state index >= 15 is 0 Å². The Balaban J connectivity index is 2.68. The first-order valence-corrected chi connectivity index (χ1v) is 5.38. The van der Waals surface area contributed by atoms with Gasteiger partial charge in [0.05, 0.1) is 0 Å². The highest BCUT2D eigenvalue weighted by Gasteiger charge is 2.12. The molecule has 0 saturated heterocycles. The van der Waals surface area contributed by atoms with Crippen molar-refractivity contribution in [1.29, 1.82) is 0 Å². The number of benzene rings is 2. The van der Waals surface area contributed by atoms with Crippen molar-refractivity contribution in [2.24, 2.45) is 0 Å². The Morgan fingerprint density at radius 3 is 2.41 bits per heavy atom. The second-order valence-electron chi connectivity index (χ2n) is 3.81. The van der Waals surface area contributed by atoms with E-state index in [0.29, 0.717) is 16.3 Å². The normalized spacial score (nSPS) is 10.6. The number of hydrogen-bond donors (Lipinski definition) is 1. The van der Waals surface area contributed by atoms with E-state index in [1.54, 1.807) is 12.1 Å². The van der Waals surface area contributed by atoms with Gasteiger partial charge in [0.15, 0.2) is 0 Å². The van der Waals surface area contributed by atoms with Gasteiger partial charge in [0.1, 0.15) is 11.6 Å². The van der Waals surface area contributed by atoms with E-state index in [1.807, 2.05) is 0 Å². The molecule has 1 nitrogen and oxygen atoms in total. The molecular formula is C13H10ClF2N. The third kappa shape index (κ3) is 2.24. The average Bonchev–Trinajstić information content (AvgIpc) is 2.27. The molecule has 2 rings (SSSR count). The Kier molecular flexibility index (Phi) is 3.03. The molecule has 88 valence electrons. The van der Waals surface area contributed by atoms with Crippen molar-refractivity contribution >= 4 is 17.3 Å². The summed E-state index contributed by atoms with van der Waals surface area (Å²) in [6, 6.07) is 6.96. The molecule has 0 aliphatic heterocycles. The van der Waals surface area contributed by atoms with Crippen molar-refractivity contribution in [2.45, 2.75) is 6.92 Å². The number of hydrogen-bond acceptors (Lipinski definition) is 1. The largest absolute Gasteiger partial charge is 0.398 e. The van der Waals surface area contributed by atoms with Gasteiger partial charge in [-0.3, -0.25) is 0 Å². The van der Waals surface area contributed by atoms with Gasteiger partial charge in [-0.2, -0.15) is 0 Å². The number of halogens is 3. The molecule has 0 unspecified atom stereocenters. The van der Waals surface area contributed by atoms with Crippen LogP contribution in [-0.4, -0.2) is 0 Å². The minimum absolute atomic E-state index is 0.119. The summed E-state index contributed by atoms with van der Waals surface area (Å²) in [5.41, 5.74) is 6.86. The number of aryl methyl sites for hydroxylation is 1. The predicted octanol–water partition coefficient (Wildman–Crippen LogP) is 4.18. The summed E-state index contributed by atoms with van der Waals surface area (Å²) in [5.74, 6) is -0.987. The second-order valence-corrected chi connectivity index (χ2v) is 4.25. The third-order valence-corrected chi connectivity index (χ3v) is 2.79. The van der Waals surface area contributed by atoms with E-state index in [0.717, 1.165) is 12.1 Å². The SMILES string of the molecule is Cc1cc(F)c(-c2cc(Cl)ccc2N)cc1F. The molecule has 4 heteroatoms. The van der Waals surface area contributed by atoms with Crippen molar-refractivity contribution in [3.8, 4) is 11.1 Å². The lowest BCUT2D eigenvalue weighted by Gasteiger charge is -2.09. The van der Waals surface area contributed by atoms with Gasteiger partial charge in [-0.1, -0.05) is 11.6 Å². The van der Waals surface area contributed by atoms with Crippen molar-refractivity contribution < 1.29 is 8.78 Å². The summed E-state index contributed by atoms with van der Waals surface area (Å²) in [6.07, 6.45) is 0. The Morgan fingerprint density at radius 2 is 1.71 bits per heavy atom. The van der Waals surface area contributed by atoms with Gasteiger partial charge in [0.25, 0.3) is 0 Å². The van der Waals surface area contributed by atoms with Crippen LogP contribution in [0.5, 0.6) is 0 Å². The Hall–Kier alpha value is -1.61. The Labute approximate surface area is 103 Å². The van der Waals surface area contributed by atoms with Crippen LogP contribution in [0.2, 0.25) is 5.02 Å². The Morgan fingerprint density at radius 1 is 1.00 bits per heavy atom. The van der Waals surface area contributed by atoms with Crippen LogP contribution in [0, 0.1) is 18.6 Å². The van der Waals surface area contributed by atoms with E-state index in [1.165, 1.54) is 13.0 Å². The zero-order valence-corrected chi connectivity index (χ0v) is 9.85. The molecule has 2 aromatic rings. The van der Waals surface area contributed by atoms with Gasteiger partial charge in [-0.05, 0) is 42.8 Å². The number of anilines is 1. The van der Waals surface area contributed by atoms with Crippen LogP contribution < -0.4 is 5.73 Å². The van der Waals surface area contributed by atoms with E-state index in [9.17, 15) is 8.78 Å². The van der Waals surface area contributed by atoms with Crippen LogP contribution in [0.25, 0.3) is 11.1 Å². The molecule has 0 aliphatic carbocycles. The van der Waals surface area contributed by atoms with E-state index in [4.69, 9.17) is 17.3 Å². The van der Waals surface area contributed by atoms with Crippen molar-refractivity contribution in [1.82, 2.24) is 0 Å². The predicted molar refractivity (Wildman–Crippen MR) is 66.0 cm³/mol. The number of rotatable bonds is 1. The highest BCUT2D eigenvalue weighted by Crippen LogP contribution is 2.32. The molecule has 0 spiro atoms. The second kappa shape index (κ2) is 4.34. The average molecular weight is 254 g/mol. The highest BCUT2D eigenvalue weighted by molar-refractivity contribution is 6.31. The first-order valence-electron chi connectivity index (χ1n) is 5.00. The maximum absolute atomic E-state index is 13.8. The van der Waals surface area contributed by atoms with Gasteiger partial charge < -0.3 is 5.73 Å². The van der Waals surface area contributed by atoms with E-state index in [2.05, 4.69) is 0 Å². The molecule has 0 fully saturated rings. The first-order chi connectivity index (χ1) is 7.99. The maximum Gasteiger partial charge on any atom is 0.131 e. The van der Waals surface area contributed by atoms with Crippen LogP contribution in [0.4, 0.5) is 14.5 Å². The smallest absolute Gasteiger partial charge is 0.131 e. The molecule has 0 aliphatic rings. The lowest BCUT2D eigenvalue weighted by atomic mass is 10.0. The number of nitrogen functional groups attached to an aromatic ring is 1. The zero-order chi connectivity index (χ0) is 12.6. The van der Waals surface area contributed by atoms with E-state index < -0.39 is 11.6 Å². The van der Waals surface area contributed by atoms with Crippen molar-refractivity contribution in [2.75, 3.05) is 5.73 Å². The van der Waals surface area contributed by atoms with Crippen molar-refractivity contribution in [3.63, 3.8) is 0 Å². The lowest BCUT2D eigenvalue weighted by Crippen LogP contribution is -1.95. The van der Waals surface area contributed by atoms with Crippen LogP contribution >= 0.6 is 11.6 Å². The van der Waals surface area contributed by atoms with Crippen molar-refractivity contribution in [3.05, 3.63) is 52.6 Å². The zero-order valence-electron chi connectivity index (χ0n) is 9.10. The molecule has 0 amide bonds. The third-order valence-electron chi connectivity index (χ3n) is 2.55. The summed E-state index contributed by atoms with van der Waals surface area (Å²) >= 11 is 5.82. The molecule has 2 N–H and O–H groups in total. The molecule has 17 heavy (non-hydrogen) atoms. The molecule has 0 atom stereocenters. The molecule has 0 heterocycles. The van der Waals surface area contributed by atoms with Gasteiger partial charge in [-0.25, -0.2) is 8.78 Å². The van der Waals surface area contributed by atoms with Crippen LogP contribution in [-0.2, 0) is 0 Å². The minimum Gasteiger partial charge on any atom is -0.398 e. The molecule has 0 bridgehead atoms. The summed E-state index contributed by atoms with van der Waals surface area (Å²) in [5, 5.41) is 0.426. The number of nitrogens with two attached hydrogens (primary N) is 1. The molecular weight excluding hydrogens is 244 g/mol. The highest BCUT2D eigenvalue weighted by atomic mass is 35.5. The van der Waals surface area contributed by atoms with Crippen LogP contribution in [0.1, 0.15) is 5.56 Å². The summed E-state index contributed by atoms with van der Waals surface area (Å²) in [4.78, 5) is 0. The van der Waals surface area contributed by atoms with Gasteiger partial charge >= 0.3 is 0 Å². The molecule has 2 aromatic carbocycles. The Bertz CT molecular complexity index is 582. The summed E-state index contributed by atoms with van der Waals surface area (Å²) in [7, 11) is 0. The van der Waals surface area contributed by atoms with Gasteiger partial charge in [0, 0.05) is 21.8 Å². The first kappa shape index (κ1) is 11.9.